The van der Waals surface area contributed by atoms with E-state index >= 15 is 0 Å². The van der Waals surface area contributed by atoms with Crippen LogP contribution in [0.3, 0.4) is 0 Å². The number of benzene rings is 3. The van der Waals surface area contributed by atoms with Crippen molar-refractivity contribution in [2.45, 2.75) is 19.9 Å². The molecule has 3 aromatic carbocycles. The Morgan fingerprint density at radius 3 is 2.15 bits per heavy atom. The molecule has 3 heteroatoms. The second kappa shape index (κ2) is 7.16. The molecular formula is C24H20BrNO. The van der Waals surface area contributed by atoms with Crippen molar-refractivity contribution >= 4 is 16.7 Å². The molecule has 0 spiro atoms. The number of aromatic nitrogens is 1. The van der Waals surface area contributed by atoms with E-state index in [1.54, 1.807) is 0 Å². The molecule has 0 amide bonds. The number of hydrogen-bond donors (Lipinski definition) is 0. The van der Waals surface area contributed by atoms with E-state index in [0.29, 0.717) is 0 Å². The summed E-state index contributed by atoms with van der Waals surface area (Å²) < 4.78 is 8.65. The maximum Gasteiger partial charge on any atom is 0.382 e. The number of fused-ring (bicyclic) bond motifs is 3. The van der Waals surface area contributed by atoms with Crippen molar-refractivity contribution < 1.29 is 26.0 Å². The lowest BCUT2D eigenvalue weighted by Crippen LogP contribution is -3.00. The molecule has 27 heavy (non-hydrogen) atoms. The van der Waals surface area contributed by atoms with E-state index in [1.807, 2.05) is 0 Å². The molecule has 0 atom stereocenters. The second-order valence-corrected chi connectivity index (χ2v) is 6.88. The number of hydrogen-bond acceptors (Lipinski definition) is 1. The molecular weight excluding hydrogens is 398 g/mol. The summed E-state index contributed by atoms with van der Waals surface area (Å²) in [5.74, 6) is 0.972. The number of oxazole rings is 1. The van der Waals surface area contributed by atoms with Crippen LogP contribution in [0, 0.1) is 0 Å². The molecule has 0 aliphatic carbocycles. The summed E-state index contributed by atoms with van der Waals surface area (Å²) >= 11 is 0. The van der Waals surface area contributed by atoms with Crippen LogP contribution >= 0.6 is 0 Å². The highest BCUT2D eigenvalue weighted by atomic mass is 79.9. The third kappa shape index (κ3) is 3.02. The van der Waals surface area contributed by atoms with Gasteiger partial charge in [-0.2, -0.15) is 4.57 Å². The fraction of sp³-hybridized carbons (Fsp3) is 0.125. The van der Waals surface area contributed by atoms with Crippen molar-refractivity contribution in [2.24, 2.45) is 0 Å². The van der Waals surface area contributed by atoms with Gasteiger partial charge in [0.25, 0.3) is 5.52 Å². The van der Waals surface area contributed by atoms with Crippen LogP contribution in [0.25, 0.3) is 27.8 Å². The molecule has 0 saturated heterocycles. The third-order valence-electron chi connectivity index (χ3n) is 5.22. The van der Waals surface area contributed by atoms with Crippen LogP contribution < -0.4 is 21.5 Å². The maximum atomic E-state index is 6.32. The molecule has 0 N–H and O–H groups in total. The summed E-state index contributed by atoms with van der Waals surface area (Å²) in [7, 11) is 0. The Morgan fingerprint density at radius 1 is 0.778 bits per heavy atom. The first-order valence-electron chi connectivity index (χ1n) is 9.08. The zero-order chi connectivity index (χ0) is 17.5. The molecule has 0 fully saturated rings. The van der Waals surface area contributed by atoms with Gasteiger partial charge in [0.1, 0.15) is 0 Å². The standard InChI is InChI=1S/C24H20NO.BrH/c1-17-14-15-25-21-16-20(18-8-4-2-5-9-18)12-13-22(21)26-24(25)23(17)19-10-6-3-7-11-19;/h2-13,16H,14-15H2,1H3;1H/q+1;/p-1. The lowest BCUT2D eigenvalue weighted by molar-refractivity contribution is -0.679. The zero-order valence-electron chi connectivity index (χ0n) is 15.2. The van der Waals surface area contributed by atoms with Gasteiger partial charge < -0.3 is 21.4 Å². The minimum Gasteiger partial charge on any atom is -1.00 e. The summed E-state index contributed by atoms with van der Waals surface area (Å²) in [5, 5.41) is 0. The predicted molar refractivity (Wildman–Crippen MR) is 105 cm³/mol. The van der Waals surface area contributed by atoms with Crippen molar-refractivity contribution in [3.05, 3.63) is 95.9 Å². The van der Waals surface area contributed by atoms with Crippen LogP contribution in [-0.4, -0.2) is 0 Å². The van der Waals surface area contributed by atoms with Crippen molar-refractivity contribution in [1.29, 1.82) is 0 Å². The molecule has 2 heterocycles. The molecule has 0 radical (unpaired) electrons. The Balaban J connectivity index is 0.00000180. The normalized spacial score (nSPS) is 13.4. The number of allylic oxidation sites excluding steroid dienone is 1. The van der Waals surface area contributed by atoms with E-state index < -0.39 is 0 Å². The largest absolute Gasteiger partial charge is 1.00 e. The van der Waals surface area contributed by atoms with Gasteiger partial charge in [-0.05, 0) is 35.3 Å². The number of rotatable bonds is 2. The zero-order valence-corrected chi connectivity index (χ0v) is 16.7. The molecule has 0 bridgehead atoms. The molecule has 4 aromatic rings. The van der Waals surface area contributed by atoms with Crippen LogP contribution in [-0.2, 0) is 6.54 Å². The molecule has 0 saturated carbocycles. The summed E-state index contributed by atoms with van der Waals surface area (Å²) in [4.78, 5) is 0. The third-order valence-corrected chi connectivity index (χ3v) is 5.22. The fourth-order valence-electron chi connectivity index (χ4n) is 3.86. The van der Waals surface area contributed by atoms with Gasteiger partial charge in [-0.15, -0.1) is 0 Å². The van der Waals surface area contributed by atoms with Crippen molar-refractivity contribution in [1.82, 2.24) is 0 Å². The van der Waals surface area contributed by atoms with Gasteiger partial charge in [0.05, 0.1) is 5.57 Å². The van der Waals surface area contributed by atoms with Gasteiger partial charge in [0.2, 0.25) is 5.58 Å². The van der Waals surface area contributed by atoms with Crippen molar-refractivity contribution in [3.63, 3.8) is 0 Å². The van der Waals surface area contributed by atoms with Crippen LogP contribution in [0.1, 0.15) is 24.8 Å². The Morgan fingerprint density at radius 2 is 1.44 bits per heavy atom. The lowest BCUT2D eigenvalue weighted by atomic mass is 9.96. The smallest absolute Gasteiger partial charge is 0.382 e. The van der Waals surface area contributed by atoms with Gasteiger partial charge in [-0.25, -0.2) is 0 Å². The molecule has 1 aliphatic rings. The van der Waals surface area contributed by atoms with E-state index in [4.69, 9.17) is 4.42 Å². The van der Waals surface area contributed by atoms with E-state index in [2.05, 4.69) is 90.4 Å². The Hall–Kier alpha value is -2.65. The minimum atomic E-state index is 0. The van der Waals surface area contributed by atoms with E-state index in [-0.39, 0.29) is 17.0 Å². The summed E-state index contributed by atoms with van der Waals surface area (Å²) in [6.07, 6.45) is 1.05. The van der Waals surface area contributed by atoms with Gasteiger partial charge in [-0.1, -0.05) is 66.7 Å². The number of halogens is 1. The first-order chi connectivity index (χ1) is 12.8. The second-order valence-electron chi connectivity index (χ2n) is 6.88. The fourth-order valence-corrected chi connectivity index (χ4v) is 3.86. The summed E-state index contributed by atoms with van der Waals surface area (Å²) in [5.41, 5.74) is 8.41. The van der Waals surface area contributed by atoms with Crippen LogP contribution in [0.15, 0.2) is 88.9 Å². The minimum absolute atomic E-state index is 0. The topological polar surface area (TPSA) is 17.0 Å². The summed E-state index contributed by atoms with van der Waals surface area (Å²) in [6.45, 7) is 3.18. The molecule has 5 rings (SSSR count). The predicted octanol–water partition coefficient (Wildman–Crippen LogP) is 2.62. The van der Waals surface area contributed by atoms with Gasteiger partial charge in [0.15, 0.2) is 6.54 Å². The highest BCUT2D eigenvalue weighted by Gasteiger charge is 2.32. The average molecular weight is 418 g/mol. The molecule has 0 unspecified atom stereocenters. The van der Waals surface area contributed by atoms with Gasteiger partial charge >= 0.3 is 5.89 Å². The van der Waals surface area contributed by atoms with Crippen LogP contribution in [0.4, 0.5) is 0 Å². The van der Waals surface area contributed by atoms with Crippen molar-refractivity contribution in [2.75, 3.05) is 0 Å². The summed E-state index contributed by atoms with van der Waals surface area (Å²) in [6, 6.07) is 27.6. The number of nitrogens with zero attached hydrogens (tertiary/aromatic N) is 1. The van der Waals surface area contributed by atoms with Gasteiger partial charge in [0, 0.05) is 12.5 Å². The molecule has 134 valence electrons. The Kier molecular flexibility index (Phi) is 4.71. The molecule has 1 aliphatic heterocycles. The maximum absolute atomic E-state index is 6.32. The highest BCUT2D eigenvalue weighted by Crippen LogP contribution is 2.33. The van der Waals surface area contributed by atoms with E-state index in [0.717, 1.165) is 24.4 Å². The highest BCUT2D eigenvalue weighted by molar-refractivity contribution is 5.82. The van der Waals surface area contributed by atoms with Gasteiger partial charge in [-0.3, -0.25) is 0 Å². The van der Waals surface area contributed by atoms with Crippen molar-refractivity contribution in [3.8, 4) is 11.1 Å². The lowest BCUT2D eigenvalue weighted by Gasteiger charge is -2.12. The van der Waals surface area contributed by atoms with E-state index in [9.17, 15) is 0 Å². The monoisotopic (exact) mass is 417 g/mol. The Labute approximate surface area is 169 Å². The van der Waals surface area contributed by atoms with E-state index in [1.165, 1.54) is 33.4 Å². The first kappa shape index (κ1) is 17.7. The Bertz CT molecular complexity index is 1130. The SMILES string of the molecule is CC1=C(c2ccccc2)c2oc3ccc(-c4ccccc4)cc3[n+]2CC1.[Br-]. The van der Waals surface area contributed by atoms with Crippen LogP contribution in [0.2, 0.25) is 0 Å². The first-order valence-corrected chi connectivity index (χ1v) is 9.08. The van der Waals surface area contributed by atoms with Crippen LogP contribution in [0.5, 0.6) is 0 Å². The quantitative estimate of drug-likeness (QED) is 0.458. The molecule has 1 aromatic heterocycles. The average Bonchev–Trinajstić information content (AvgIpc) is 3.07. The molecule has 2 nitrogen and oxygen atoms in total. The number of aryl methyl sites for hydroxylation is 1.